The van der Waals surface area contributed by atoms with Crippen molar-refractivity contribution >= 4 is 85.6 Å². The molecule has 0 amide bonds. The molecule has 0 spiro atoms. The van der Waals surface area contributed by atoms with E-state index < -0.39 is 18.3 Å². The van der Waals surface area contributed by atoms with Gasteiger partial charge < -0.3 is 19.2 Å². The van der Waals surface area contributed by atoms with Crippen LogP contribution < -0.4 is 0 Å². The zero-order valence-electron chi connectivity index (χ0n) is 3.61. The predicted molar refractivity (Wildman–Crippen MR) is 37.4 cm³/mol. The summed E-state index contributed by atoms with van der Waals surface area (Å²) in [5, 5.41) is 0. The third-order valence-corrected chi connectivity index (χ3v) is 0. The van der Waals surface area contributed by atoms with E-state index in [1.165, 1.54) is 0 Å². The summed E-state index contributed by atoms with van der Waals surface area (Å²) in [5.74, 6) is 0. The molecule has 0 unspecified atom stereocenters. The molecule has 0 radical (unpaired) electrons. The van der Waals surface area contributed by atoms with Crippen molar-refractivity contribution in [3.05, 3.63) is 0 Å². The Labute approximate surface area is 112 Å². The Bertz CT molecular complexity index is 73.7. The van der Waals surface area contributed by atoms with Crippen LogP contribution in [0.5, 0.6) is 0 Å². The van der Waals surface area contributed by atoms with Crippen LogP contribution in [0.2, 0.25) is 0 Å². The Balaban J connectivity index is -0.0000000300. The van der Waals surface area contributed by atoms with Gasteiger partial charge in [0, 0.05) is 0 Å². The maximum atomic E-state index is 8.74. The van der Waals surface area contributed by atoms with Crippen LogP contribution in [0.15, 0.2) is 0 Å². The maximum absolute atomic E-state index is 8.74. The fourth-order valence-electron chi connectivity index (χ4n) is 0. The molecule has 0 rings (SSSR count). The summed E-state index contributed by atoms with van der Waals surface area (Å²) < 4.78 is 17.5. The Kier molecular flexibility index (Phi) is 38.0. The molecule has 0 aliphatic rings. The number of hydrogen-bond acceptors (Lipinski definition) is 2. The van der Waals surface area contributed by atoms with Gasteiger partial charge in [-0.15, -0.1) is 0 Å². The number of rotatable bonds is 0. The summed E-state index contributed by atoms with van der Waals surface area (Å²) in [5.41, 5.74) is 0. The topological polar surface area (TPSA) is 115 Å². The average molecular weight is 222 g/mol. The van der Waals surface area contributed by atoms with E-state index in [4.69, 9.17) is 28.1 Å². The van der Waals surface area contributed by atoms with Crippen LogP contribution in [0.3, 0.4) is 0 Å². The van der Waals surface area contributed by atoms with Gasteiger partial charge in [-0.3, -0.25) is 8.92 Å². The normalized spacial score (nSPS) is 4.80. The fourth-order valence-corrected chi connectivity index (χ4v) is 0. The third-order valence-electron chi connectivity index (χ3n) is 0. The van der Waals surface area contributed by atoms with Crippen molar-refractivity contribution in [2.24, 2.45) is 0 Å². The SMILES string of the molecule is O=[Si](O)O.O=[Si](O)O.[CaH2].[NaH]. The van der Waals surface area contributed by atoms with E-state index in [0.717, 1.165) is 0 Å². The van der Waals surface area contributed by atoms with Gasteiger partial charge in [0.2, 0.25) is 0 Å². The van der Waals surface area contributed by atoms with Crippen molar-refractivity contribution < 1.29 is 28.1 Å². The number of hydrogen-bond donors (Lipinski definition) is 4. The molecule has 54 valence electrons. The Hall–Kier alpha value is 1.49. The van der Waals surface area contributed by atoms with Gasteiger partial charge >= 0.3 is 85.6 Å². The van der Waals surface area contributed by atoms with Crippen LogP contribution in [-0.2, 0) is 8.92 Å². The molecule has 6 nitrogen and oxygen atoms in total. The van der Waals surface area contributed by atoms with Crippen LogP contribution in [0.1, 0.15) is 0 Å². The van der Waals surface area contributed by atoms with Crippen LogP contribution in [0, 0.1) is 0 Å². The summed E-state index contributed by atoms with van der Waals surface area (Å²) in [6.45, 7) is 0. The first-order chi connectivity index (χ1) is 3.46. The van der Waals surface area contributed by atoms with Crippen molar-refractivity contribution in [1.29, 1.82) is 0 Å². The third kappa shape index (κ3) is 307. The minimum atomic E-state index is -3.13. The fraction of sp³-hybridized carbons (Fsp3) is 0. The Morgan fingerprint density at radius 3 is 0.800 bits per heavy atom. The molecule has 0 heterocycles. The first kappa shape index (κ1) is 22.5. The summed E-state index contributed by atoms with van der Waals surface area (Å²) >= 11 is 0. The molecule has 0 saturated heterocycles. The van der Waals surface area contributed by atoms with Crippen LogP contribution >= 0.6 is 0 Å². The molecule has 0 aromatic carbocycles. The van der Waals surface area contributed by atoms with E-state index in [2.05, 4.69) is 0 Å². The second kappa shape index (κ2) is 16.8. The molecular weight excluding hydrogens is 215 g/mol. The van der Waals surface area contributed by atoms with E-state index in [1.807, 2.05) is 0 Å². The Morgan fingerprint density at radius 2 is 0.800 bits per heavy atom. The zero-order valence-corrected chi connectivity index (χ0v) is 5.61. The van der Waals surface area contributed by atoms with Crippen LogP contribution in [-0.4, -0.2) is 105 Å². The van der Waals surface area contributed by atoms with E-state index in [-0.39, 0.29) is 67.3 Å². The van der Waals surface area contributed by atoms with Crippen molar-refractivity contribution in [1.82, 2.24) is 0 Å². The van der Waals surface area contributed by atoms with Crippen molar-refractivity contribution in [3.63, 3.8) is 0 Å². The van der Waals surface area contributed by atoms with Gasteiger partial charge in [0.15, 0.2) is 0 Å². The quantitative estimate of drug-likeness (QED) is 0.306. The van der Waals surface area contributed by atoms with E-state index in [1.54, 1.807) is 0 Å². The molecule has 4 N–H and O–H groups in total. The summed E-state index contributed by atoms with van der Waals surface area (Å²) in [6, 6.07) is 0. The molecule has 0 aliphatic carbocycles. The molecule has 0 fully saturated rings. The molecule has 0 aromatic heterocycles. The van der Waals surface area contributed by atoms with E-state index in [0.29, 0.717) is 0 Å². The molecule has 0 atom stereocenters. The van der Waals surface area contributed by atoms with Crippen LogP contribution in [0.25, 0.3) is 0 Å². The van der Waals surface area contributed by atoms with E-state index in [9.17, 15) is 0 Å². The summed E-state index contributed by atoms with van der Waals surface area (Å²) in [7, 11) is -6.26. The van der Waals surface area contributed by atoms with Gasteiger partial charge in [-0.05, 0) is 0 Å². The minimum absolute atomic E-state index is 0. The molecule has 10 heteroatoms. The molecular formula is H7CaNaO6Si2. The second-order valence-corrected chi connectivity index (χ2v) is 1.70. The predicted octanol–water partition coefficient (Wildman–Crippen LogP) is -4.79. The van der Waals surface area contributed by atoms with Crippen molar-refractivity contribution in [3.8, 4) is 0 Å². The van der Waals surface area contributed by atoms with Crippen LogP contribution in [0.4, 0.5) is 0 Å². The summed E-state index contributed by atoms with van der Waals surface area (Å²) in [6.07, 6.45) is 0. The molecule has 10 heavy (non-hydrogen) atoms. The van der Waals surface area contributed by atoms with Gasteiger partial charge in [0.1, 0.15) is 0 Å². The Morgan fingerprint density at radius 1 is 0.800 bits per heavy atom. The first-order valence-corrected chi connectivity index (χ1v) is 3.91. The van der Waals surface area contributed by atoms with Gasteiger partial charge in [-0.1, -0.05) is 0 Å². The standard InChI is InChI=1S/Ca.Na.2H2O3Si.3H/c;;2*1-4(2)3;;;/h;;2*1-2H;;;. The van der Waals surface area contributed by atoms with Crippen molar-refractivity contribution in [2.75, 3.05) is 0 Å². The monoisotopic (exact) mass is 222 g/mol. The molecule has 0 saturated carbocycles. The first-order valence-electron chi connectivity index (χ1n) is 1.30. The molecule has 0 aliphatic heterocycles. The average Bonchev–Trinajstić information content (AvgIpc) is 1.25. The summed E-state index contributed by atoms with van der Waals surface area (Å²) in [4.78, 5) is 28.6. The van der Waals surface area contributed by atoms with Gasteiger partial charge in [0.05, 0.1) is 0 Å². The van der Waals surface area contributed by atoms with Crippen molar-refractivity contribution in [2.45, 2.75) is 0 Å². The molecule has 0 bridgehead atoms. The second-order valence-electron chi connectivity index (χ2n) is 0.565. The molecule has 0 aromatic rings. The van der Waals surface area contributed by atoms with E-state index >= 15 is 0 Å². The van der Waals surface area contributed by atoms with Gasteiger partial charge in [-0.25, -0.2) is 0 Å². The van der Waals surface area contributed by atoms with Gasteiger partial charge in [-0.2, -0.15) is 0 Å². The van der Waals surface area contributed by atoms with Gasteiger partial charge in [0.25, 0.3) is 0 Å². The zero-order chi connectivity index (χ0) is 7.15.